The molecule has 0 bridgehead atoms. The van der Waals surface area contributed by atoms with E-state index < -0.39 is 0 Å². The van der Waals surface area contributed by atoms with Crippen molar-refractivity contribution in [3.63, 3.8) is 0 Å². The molecule has 0 aliphatic carbocycles. The second-order valence-electron chi connectivity index (χ2n) is 4.47. The molecule has 3 heteroatoms. The Hall–Kier alpha value is -1.58. The Morgan fingerprint density at radius 1 is 1.05 bits per heavy atom. The highest BCUT2D eigenvalue weighted by Gasteiger charge is 2.37. The molecule has 0 amide bonds. The van der Waals surface area contributed by atoms with E-state index in [0.717, 1.165) is 16.0 Å². The SMILES string of the molecule is COC(c1ccccc1)C1Sc2ccccc2C1=O. The van der Waals surface area contributed by atoms with E-state index in [1.807, 2.05) is 54.6 Å². The lowest BCUT2D eigenvalue weighted by Crippen LogP contribution is -2.22. The van der Waals surface area contributed by atoms with E-state index in [1.165, 1.54) is 0 Å². The zero-order chi connectivity index (χ0) is 13.2. The average Bonchev–Trinajstić information content (AvgIpc) is 2.79. The minimum atomic E-state index is -0.203. The lowest BCUT2D eigenvalue weighted by Gasteiger charge is -2.20. The maximum atomic E-state index is 12.5. The number of fused-ring (bicyclic) bond motifs is 1. The molecule has 0 spiro atoms. The fraction of sp³-hybridized carbons (Fsp3) is 0.188. The lowest BCUT2D eigenvalue weighted by atomic mass is 10.00. The van der Waals surface area contributed by atoms with Crippen LogP contribution >= 0.6 is 11.8 Å². The van der Waals surface area contributed by atoms with Gasteiger partial charge in [0.2, 0.25) is 0 Å². The van der Waals surface area contributed by atoms with E-state index in [2.05, 4.69) is 0 Å². The molecule has 0 fully saturated rings. The van der Waals surface area contributed by atoms with Gasteiger partial charge in [0.1, 0.15) is 11.4 Å². The summed E-state index contributed by atoms with van der Waals surface area (Å²) in [7, 11) is 1.66. The maximum absolute atomic E-state index is 12.5. The average molecular weight is 270 g/mol. The summed E-state index contributed by atoms with van der Waals surface area (Å²) >= 11 is 1.60. The fourth-order valence-electron chi connectivity index (χ4n) is 2.39. The van der Waals surface area contributed by atoms with E-state index >= 15 is 0 Å². The van der Waals surface area contributed by atoms with Gasteiger partial charge in [0, 0.05) is 17.6 Å². The summed E-state index contributed by atoms with van der Waals surface area (Å²) in [5.74, 6) is 0.163. The molecule has 0 radical (unpaired) electrons. The highest BCUT2D eigenvalue weighted by atomic mass is 32.2. The summed E-state index contributed by atoms with van der Waals surface area (Å²) in [5, 5.41) is -0.190. The molecule has 1 aliphatic rings. The number of carbonyl (C=O) groups is 1. The highest BCUT2D eigenvalue weighted by Crippen LogP contribution is 2.43. The second kappa shape index (κ2) is 5.19. The van der Waals surface area contributed by atoms with Crippen molar-refractivity contribution >= 4 is 17.5 Å². The number of Topliss-reactive ketones (excluding diaryl/α,β-unsaturated/α-hetero) is 1. The Morgan fingerprint density at radius 3 is 2.42 bits per heavy atom. The van der Waals surface area contributed by atoms with Crippen LogP contribution in [0.4, 0.5) is 0 Å². The molecule has 0 N–H and O–H groups in total. The third kappa shape index (κ3) is 2.20. The normalized spacial score (nSPS) is 19.2. The van der Waals surface area contributed by atoms with Gasteiger partial charge in [-0.25, -0.2) is 0 Å². The van der Waals surface area contributed by atoms with Gasteiger partial charge in [-0.2, -0.15) is 0 Å². The maximum Gasteiger partial charge on any atom is 0.180 e. The molecular weight excluding hydrogens is 256 g/mol. The lowest BCUT2D eigenvalue weighted by molar-refractivity contribution is 0.0768. The summed E-state index contributed by atoms with van der Waals surface area (Å²) < 4.78 is 5.58. The van der Waals surface area contributed by atoms with Crippen LogP contribution in [0.25, 0.3) is 0 Å². The van der Waals surface area contributed by atoms with Crippen molar-refractivity contribution in [2.24, 2.45) is 0 Å². The van der Waals surface area contributed by atoms with Crippen molar-refractivity contribution in [2.75, 3.05) is 7.11 Å². The fourth-order valence-corrected chi connectivity index (χ4v) is 3.75. The van der Waals surface area contributed by atoms with E-state index in [9.17, 15) is 4.79 Å². The quantitative estimate of drug-likeness (QED) is 0.850. The number of benzene rings is 2. The largest absolute Gasteiger partial charge is 0.375 e. The predicted octanol–water partition coefficient (Wildman–Crippen LogP) is 3.73. The standard InChI is InChI=1S/C16H14O2S/c1-18-15(11-7-3-2-4-8-11)16-14(17)12-9-5-6-10-13(12)19-16/h2-10,15-16H,1H3. The second-order valence-corrected chi connectivity index (χ2v) is 5.65. The van der Waals surface area contributed by atoms with Crippen LogP contribution in [0.3, 0.4) is 0 Å². The van der Waals surface area contributed by atoms with E-state index in [4.69, 9.17) is 4.74 Å². The Morgan fingerprint density at radius 2 is 1.74 bits per heavy atom. The Labute approximate surface area is 116 Å². The Balaban J connectivity index is 1.94. The van der Waals surface area contributed by atoms with Gasteiger partial charge in [-0.05, 0) is 11.6 Å². The minimum Gasteiger partial charge on any atom is -0.375 e. The summed E-state index contributed by atoms with van der Waals surface area (Å²) in [4.78, 5) is 13.5. The molecule has 1 heterocycles. The van der Waals surface area contributed by atoms with Crippen LogP contribution < -0.4 is 0 Å². The van der Waals surface area contributed by atoms with Crippen LogP contribution in [0.15, 0.2) is 59.5 Å². The van der Waals surface area contributed by atoms with Gasteiger partial charge in [-0.3, -0.25) is 4.79 Å². The third-order valence-corrected chi connectivity index (χ3v) is 4.65. The van der Waals surface area contributed by atoms with Gasteiger partial charge in [0.15, 0.2) is 5.78 Å². The molecule has 2 nitrogen and oxygen atoms in total. The first-order valence-corrected chi connectivity index (χ1v) is 7.07. The monoisotopic (exact) mass is 270 g/mol. The summed E-state index contributed by atoms with van der Waals surface area (Å²) in [6.07, 6.45) is -0.203. The molecule has 2 aromatic carbocycles. The highest BCUT2D eigenvalue weighted by molar-refractivity contribution is 8.01. The van der Waals surface area contributed by atoms with Crippen molar-refractivity contribution in [3.05, 3.63) is 65.7 Å². The molecule has 1 aliphatic heterocycles. The number of rotatable bonds is 3. The molecule has 0 saturated heterocycles. The number of carbonyl (C=O) groups excluding carboxylic acids is 1. The number of ether oxygens (including phenoxy) is 1. The summed E-state index contributed by atoms with van der Waals surface area (Å²) in [5.41, 5.74) is 1.86. The molecule has 2 atom stereocenters. The van der Waals surface area contributed by atoms with Gasteiger partial charge in [-0.1, -0.05) is 48.5 Å². The van der Waals surface area contributed by atoms with Crippen molar-refractivity contribution in [2.45, 2.75) is 16.2 Å². The van der Waals surface area contributed by atoms with E-state index in [-0.39, 0.29) is 17.1 Å². The van der Waals surface area contributed by atoms with Crippen molar-refractivity contribution in [1.82, 2.24) is 0 Å². The summed E-state index contributed by atoms with van der Waals surface area (Å²) in [6.45, 7) is 0. The molecule has 2 unspecified atom stereocenters. The Bertz CT molecular complexity index is 595. The number of ketones is 1. The number of hydrogen-bond acceptors (Lipinski definition) is 3. The molecule has 0 aromatic heterocycles. The van der Waals surface area contributed by atoms with Crippen LogP contribution in [0.2, 0.25) is 0 Å². The molecule has 0 saturated carbocycles. The number of hydrogen-bond donors (Lipinski definition) is 0. The van der Waals surface area contributed by atoms with Crippen LogP contribution in [0.5, 0.6) is 0 Å². The van der Waals surface area contributed by atoms with E-state index in [1.54, 1.807) is 18.9 Å². The van der Waals surface area contributed by atoms with Gasteiger partial charge >= 0.3 is 0 Å². The number of methoxy groups -OCH3 is 1. The van der Waals surface area contributed by atoms with Crippen LogP contribution in [-0.2, 0) is 4.74 Å². The molecule has 19 heavy (non-hydrogen) atoms. The smallest absolute Gasteiger partial charge is 0.180 e. The molecule has 96 valence electrons. The molecular formula is C16H14O2S. The van der Waals surface area contributed by atoms with Gasteiger partial charge in [0.05, 0.1) is 0 Å². The minimum absolute atomic E-state index is 0.163. The first kappa shape index (κ1) is 12.5. The molecule has 3 rings (SSSR count). The molecule has 2 aromatic rings. The van der Waals surface area contributed by atoms with Crippen LogP contribution in [-0.4, -0.2) is 18.1 Å². The topological polar surface area (TPSA) is 26.3 Å². The van der Waals surface area contributed by atoms with Gasteiger partial charge in [-0.15, -0.1) is 11.8 Å². The zero-order valence-corrected chi connectivity index (χ0v) is 11.4. The first-order chi connectivity index (χ1) is 9.31. The van der Waals surface area contributed by atoms with Crippen LogP contribution in [0.1, 0.15) is 22.0 Å². The van der Waals surface area contributed by atoms with Crippen LogP contribution in [0, 0.1) is 0 Å². The van der Waals surface area contributed by atoms with Crippen molar-refractivity contribution in [3.8, 4) is 0 Å². The zero-order valence-electron chi connectivity index (χ0n) is 10.6. The summed E-state index contributed by atoms with van der Waals surface area (Å²) in [6, 6.07) is 17.7. The third-order valence-electron chi connectivity index (χ3n) is 3.32. The van der Waals surface area contributed by atoms with Crippen molar-refractivity contribution < 1.29 is 9.53 Å². The number of thioether (sulfide) groups is 1. The Kier molecular flexibility index (Phi) is 3.40. The van der Waals surface area contributed by atoms with Crippen molar-refractivity contribution in [1.29, 1.82) is 0 Å². The predicted molar refractivity (Wildman–Crippen MR) is 76.6 cm³/mol. The first-order valence-electron chi connectivity index (χ1n) is 6.19. The van der Waals surface area contributed by atoms with E-state index in [0.29, 0.717) is 0 Å². The van der Waals surface area contributed by atoms with Gasteiger partial charge < -0.3 is 4.74 Å². The van der Waals surface area contributed by atoms with Gasteiger partial charge in [0.25, 0.3) is 0 Å².